The molecule has 1 aliphatic rings. The lowest BCUT2D eigenvalue weighted by Crippen LogP contribution is -2.11. The maximum atomic E-state index is 15.3. The minimum Gasteiger partial charge on any atom is -0.369 e. The second kappa shape index (κ2) is 9.19. The van der Waals surface area contributed by atoms with E-state index in [-0.39, 0.29) is 16.3 Å². The highest BCUT2D eigenvalue weighted by molar-refractivity contribution is 8.00. The maximum Gasteiger partial charge on any atom is 0.201 e. The summed E-state index contributed by atoms with van der Waals surface area (Å²) in [6.45, 7) is 0.690. The molecule has 5 rings (SSSR count). The highest BCUT2D eigenvalue weighted by Crippen LogP contribution is 2.33. The predicted molar refractivity (Wildman–Crippen MR) is 126 cm³/mol. The quantitative estimate of drug-likeness (QED) is 0.196. The van der Waals surface area contributed by atoms with Crippen LogP contribution in [0.25, 0.3) is 11.0 Å². The summed E-state index contributed by atoms with van der Waals surface area (Å²) in [6, 6.07) is 6.25. The molecular formula is C23H17ClF3N5OS. The molecule has 0 aliphatic heterocycles. The number of nitrogens with one attached hydrogen (secondary N) is 3. The summed E-state index contributed by atoms with van der Waals surface area (Å²) >= 11 is 6.57. The molecule has 0 bridgehead atoms. The summed E-state index contributed by atoms with van der Waals surface area (Å²) in [6.07, 6.45) is 4.97. The second-order valence-electron chi connectivity index (χ2n) is 7.87. The Morgan fingerprint density at radius 3 is 2.74 bits per heavy atom. The first-order valence-electron chi connectivity index (χ1n) is 10.4. The molecule has 0 amide bonds. The summed E-state index contributed by atoms with van der Waals surface area (Å²) in [4.78, 5) is 24.9. The lowest BCUT2D eigenvalue weighted by Gasteiger charge is -2.11. The zero-order valence-corrected chi connectivity index (χ0v) is 19.0. The first-order valence-corrected chi connectivity index (χ1v) is 11.6. The maximum absolute atomic E-state index is 15.3. The summed E-state index contributed by atoms with van der Waals surface area (Å²) < 4.78 is 46.3. The van der Waals surface area contributed by atoms with Crippen LogP contribution in [-0.4, -0.2) is 27.3 Å². The van der Waals surface area contributed by atoms with Crippen molar-refractivity contribution in [3.63, 3.8) is 0 Å². The van der Waals surface area contributed by atoms with Crippen molar-refractivity contribution in [1.29, 1.82) is 0 Å². The number of carbonyl (C=O) groups is 1. The van der Waals surface area contributed by atoms with Crippen LogP contribution in [-0.2, 0) is 0 Å². The zero-order chi connectivity index (χ0) is 23.8. The van der Waals surface area contributed by atoms with Gasteiger partial charge >= 0.3 is 0 Å². The lowest BCUT2D eigenvalue weighted by molar-refractivity contribution is 0.103. The molecule has 1 saturated carbocycles. The van der Waals surface area contributed by atoms with Crippen molar-refractivity contribution >= 4 is 51.9 Å². The van der Waals surface area contributed by atoms with Crippen molar-refractivity contribution in [1.82, 2.24) is 15.0 Å². The van der Waals surface area contributed by atoms with Gasteiger partial charge < -0.3 is 15.0 Å². The number of ketones is 1. The average molecular weight is 504 g/mol. The Morgan fingerprint density at radius 1 is 1.15 bits per heavy atom. The third-order valence-electron chi connectivity index (χ3n) is 5.46. The van der Waals surface area contributed by atoms with Crippen molar-refractivity contribution in [2.24, 2.45) is 5.92 Å². The number of anilines is 2. The van der Waals surface area contributed by atoms with Crippen LogP contribution >= 0.6 is 23.5 Å². The Kier molecular flexibility index (Phi) is 6.09. The third kappa shape index (κ3) is 4.43. The topological polar surface area (TPSA) is 82.7 Å². The van der Waals surface area contributed by atoms with E-state index in [0.29, 0.717) is 34.2 Å². The smallest absolute Gasteiger partial charge is 0.201 e. The van der Waals surface area contributed by atoms with E-state index in [2.05, 4.69) is 25.0 Å². The molecule has 1 aliphatic carbocycles. The molecule has 0 atom stereocenters. The first-order chi connectivity index (χ1) is 16.4. The minimum atomic E-state index is -1.06. The Labute approximate surface area is 201 Å². The number of aromatic amines is 1. The fraction of sp³-hybridized carbons (Fsp3) is 0.174. The standard InChI is InChI=1S/C23H17ClF3N5OS/c24-14-4-3-12(7-16(14)26)34-32-17-6-5-15(25)19(20(17)27)21(33)13-9-29-23-18(13)22(30-10-31-23)28-8-11-1-2-11/h3-7,9-11,32H,1-2,8H2,(H2,28,29,30,31). The molecule has 4 aromatic rings. The highest BCUT2D eigenvalue weighted by atomic mass is 35.5. The largest absolute Gasteiger partial charge is 0.369 e. The second-order valence-corrected chi connectivity index (χ2v) is 9.15. The lowest BCUT2D eigenvalue weighted by atomic mass is 10.0. The van der Waals surface area contributed by atoms with E-state index in [0.717, 1.165) is 30.9 Å². The van der Waals surface area contributed by atoms with E-state index in [1.54, 1.807) is 6.07 Å². The fourth-order valence-electron chi connectivity index (χ4n) is 3.47. The van der Waals surface area contributed by atoms with E-state index in [1.807, 2.05) is 0 Å². The van der Waals surface area contributed by atoms with Crippen LogP contribution in [0.5, 0.6) is 0 Å². The number of benzene rings is 2. The summed E-state index contributed by atoms with van der Waals surface area (Å²) in [7, 11) is 0. The molecule has 0 spiro atoms. The van der Waals surface area contributed by atoms with Crippen LogP contribution in [0, 0.1) is 23.4 Å². The molecule has 0 saturated heterocycles. The molecule has 0 radical (unpaired) electrons. The molecule has 174 valence electrons. The number of H-pyrrole nitrogens is 1. The van der Waals surface area contributed by atoms with Crippen molar-refractivity contribution in [3.8, 4) is 0 Å². The SMILES string of the molecule is O=C(c1c(F)ccc(NSc2ccc(Cl)c(F)c2)c1F)c1c[nH]c2ncnc(NCC3CC3)c12. The van der Waals surface area contributed by atoms with Gasteiger partial charge in [0.2, 0.25) is 5.78 Å². The molecule has 2 aromatic heterocycles. The molecule has 34 heavy (non-hydrogen) atoms. The summed E-state index contributed by atoms with van der Waals surface area (Å²) in [5, 5.41) is 3.53. The van der Waals surface area contributed by atoms with Gasteiger partial charge in [0.05, 0.1) is 27.2 Å². The van der Waals surface area contributed by atoms with Crippen LogP contribution in [0.15, 0.2) is 47.8 Å². The number of hydrogen-bond donors (Lipinski definition) is 3. The Bertz CT molecular complexity index is 1410. The van der Waals surface area contributed by atoms with Crippen LogP contribution in [0.2, 0.25) is 5.02 Å². The van der Waals surface area contributed by atoms with Gasteiger partial charge in [0, 0.05) is 17.6 Å². The molecule has 6 nitrogen and oxygen atoms in total. The molecule has 2 heterocycles. The third-order valence-corrected chi connectivity index (χ3v) is 6.58. The number of rotatable bonds is 8. The predicted octanol–water partition coefficient (Wildman–Crippen LogP) is 6.20. The molecule has 0 unspecified atom stereocenters. The molecule has 11 heteroatoms. The molecule has 3 N–H and O–H groups in total. The number of hydrogen-bond acceptors (Lipinski definition) is 6. The minimum absolute atomic E-state index is 0.0427. The monoisotopic (exact) mass is 503 g/mol. The van der Waals surface area contributed by atoms with Gasteiger partial charge in [-0.2, -0.15) is 0 Å². The van der Waals surface area contributed by atoms with Crippen molar-refractivity contribution < 1.29 is 18.0 Å². The van der Waals surface area contributed by atoms with E-state index in [9.17, 15) is 13.6 Å². The van der Waals surface area contributed by atoms with Gasteiger partial charge in [-0.25, -0.2) is 23.1 Å². The van der Waals surface area contributed by atoms with Gasteiger partial charge in [0.15, 0.2) is 5.82 Å². The number of nitrogens with zero attached hydrogens (tertiary/aromatic N) is 2. The van der Waals surface area contributed by atoms with Gasteiger partial charge in [-0.3, -0.25) is 4.79 Å². The van der Waals surface area contributed by atoms with Gasteiger partial charge in [0.25, 0.3) is 0 Å². The normalized spacial score (nSPS) is 13.3. The van der Waals surface area contributed by atoms with Crippen LogP contribution in [0.3, 0.4) is 0 Å². The van der Waals surface area contributed by atoms with Crippen molar-refractivity contribution in [2.75, 3.05) is 16.6 Å². The Balaban J connectivity index is 1.46. The molecular weight excluding hydrogens is 487 g/mol. The van der Waals surface area contributed by atoms with E-state index in [1.165, 1.54) is 30.7 Å². The van der Waals surface area contributed by atoms with E-state index < -0.39 is 28.8 Å². The Hall–Kier alpha value is -3.24. The van der Waals surface area contributed by atoms with Gasteiger partial charge in [-0.1, -0.05) is 11.6 Å². The van der Waals surface area contributed by atoms with Gasteiger partial charge in [0.1, 0.15) is 29.4 Å². The number of aromatic nitrogens is 3. The van der Waals surface area contributed by atoms with Gasteiger partial charge in [-0.15, -0.1) is 0 Å². The van der Waals surface area contributed by atoms with Crippen LogP contribution in [0.1, 0.15) is 28.8 Å². The highest BCUT2D eigenvalue weighted by Gasteiger charge is 2.27. The average Bonchev–Trinajstić information content (AvgIpc) is 3.55. The summed E-state index contributed by atoms with van der Waals surface area (Å²) in [5.74, 6) is -2.57. The van der Waals surface area contributed by atoms with E-state index in [4.69, 9.17) is 11.6 Å². The first kappa shape index (κ1) is 22.5. The van der Waals surface area contributed by atoms with Gasteiger partial charge in [-0.05, 0) is 61.0 Å². The van der Waals surface area contributed by atoms with E-state index >= 15 is 4.39 Å². The van der Waals surface area contributed by atoms with Crippen molar-refractivity contribution in [2.45, 2.75) is 17.7 Å². The fourth-order valence-corrected chi connectivity index (χ4v) is 4.27. The zero-order valence-electron chi connectivity index (χ0n) is 17.5. The number of carbonyl (C=O) groups excluding carboxylic acids is 1. The number of fused-ring (bicyclic) bond motifs is 1. The van der Waals surface area contributed by atoms with Crippen LogP contribution in [0.4, 0.5) is 24.7 Å². The molecule has 2 aromatic carbocycles. The number of halogens is 4. The summed E-state index contributed by atoms with van der Waals surface area (Å²) in [5.41, 5.74) is -0.414. The molecule has 1 fully saturated rings. The van der Waals surface area contributed by atoms with Crippen LogP contribution < -0.4 is 10.0 Å². The Morgan fingerprint density at radius 2 is 1.97 bits per heavy atom. The van der Waals surface area contributed by atoms with Crippen molar-refractivity contribution in [3.05, 3.63) is 76.5 Å².